The molecule has 0 radical (unpaired) electrons. The van der Waals surface area contributed by atoms with Crippen molar-refractivity contribution < 1.29 is 32.2 Å². The van der Waals surface area contributed by atoms with Crippen LogP contribution in [0, 0.1) is 11.8 Å². The third-order valence-electron chi connectivity index (χ3n) is 6.03. The average Bonchev–Trinajstić information content (AvgIpc) is 3.66. The number of nitrogens with zero attached hydrogens (tertiary/aromatic N) is 1. The molecule has 2 aromatic rings. The van der Waals surface area contributed by atoms with Crippen LogP contribution in [0.2, 0.25) is 0 Å². The SMILES string of the molecule is CCOc1ccc(Oc2ccc(C(F)(F)F)cc2NC(=O)C2CCN(C(=O)C3CC3)CC2)cc1. The van der Waals surface area contributed by atoms with E-state index in [0.717, 1.165) is 25.0 Å². The second-order valence-corrected chi connectivity index (χ2v) is 8.58. The molecule has 1 saturated heterocycles. The molecule has 0 atom stereocenters. The van der Waals surface area contributed by atoms with Gasteiger partial charge in [-0.2, -0.15) is 13.2 Å². The lowest BCUT2D eigenvalue weighted by atomic mass is 9.95. The molecule has 2 aliphatic rings. The molecule has 2 fully saturated rings. The monoisotopic (exact) mass is 476 g/mol. The number of amides is 2. The molecule has 1 aliphatic heterocycles. The molecule has 6 nitrogen and oxygen atoms in total. The van der Waals surface area contributed by atoms with Gasteiger partial charge in [-0.3, -0.25) is 9.59 Å². The highest BCUT2D eigenvalue weighted by Gasteiger charge is 2.36. The Labute approximate surface area is 196 Å². The van der Waals surface area contributed by atoms with Crippen molar-refractivity contribution in [1.29, 1.82) is 0 Å². The van der Waals surface area contributed by atoms with E-state index in [1.165, 1.54) is 6.07 Å². The number of hydrogen-bond donors (Lipinski definition) is 1. The molecule has 0 aromatic heterocycles. The van der Waals surface area contributed by atoms with Crippen LogP contribution >= 0.6 is 0 Å². The lowest BCUT2D eigenvalue weighted by molar-refractivity contribution is -0.137. The van der Waals surface area contributed by atoms with Crippen LogP contribution in [-0.2, 0) is 15.8 Å². The van der Waals surface area contributed by atoms with Crippen LogP contribution in [0.15, 0.2) is 42.5 Å². The first kappa shape index (κ1) is 23.9. The molecule has 0 unspecified atom stereocenters. The molecule has 182 valence electrons. The van der Waals surface area contributed by atoms with Gasteiger partial charge in [-0.15, -0.1) is 0 Å². The standard InChI is InChI=1S/C25H27F3N2O4/c1-2-33-19-6-8-20(9-7-19)34-22-10-5-18(25(26,27)28)15-21(22)29-23(31)16-11-13-30(14-12-16)24(32)17-3-4-17/h5-10,15-17H,2-4,11-14H2,1H3,(H,29,31). The summed E-state index contributed by atoms with van der Waals surface area (Å²) in [5.41, 5.74) is -0.933. The smallest absolute Gasteiger partial charge is 0.416 e. The van der Waals surface area contributed by atoms with Gasteiger partial charge in [0.25, 0.3) is 0 Å². The Morgan fingerprint density at radius 2 is 1.62 bits per heavy atom. The zero-order chi connectivity index (χ0) is 24.3. The second-order valence-electron chi connectivity index (χ2n) is 8.58. The van der Waals surface area contributed by atoms with Crippen LogP contribution in [0.1, 0.15) is 38.2 Å². The second kappa shape index (κ2) is 9.95. The molecule has 1 aliphatic carbocycles. The summed E-state index contributed by atoms with van der Waals surface area (Å²) in [5.74, 6) is 0.630. The van der Waals surface area contributed by atoms with Crippen LogP contribution < -0.4 is 14.8 Å². The fourth-order valence-corrected chi connectivity index (χ4v) is 3.98. The molecule has 0 spiro atoms. The molecule has 9 heteroatoms. The predicted molar refractivity (Wildman–Crippen MR) is 120 cm³/mol. The maximum absolute atomic E-state index is 13.3. The number of piperidine rings is 1. The van der Waals surface area contributed by atoms with Gasteiger partial charge < -0.3 is 19.7 Å². The third kappa shape index (κ3) is 5.81. The summed E-state index contributed by atoms with van der Waals surface area (Å²) in [6.45, 7) is 3.32. The number of halogens is 3. The van der Waals surface area contributed by atoms with Crippen molar-refractivity contribution in [3.63, 3.8) is 0 Å². The van der Waals surface area contributed by atoms with Crippen molar-refractivity contribution in [2.75, 3.05) is 25.0 Å². The summed E-state index contributed by atoms with van der Waals surface area (Å²) in [4.78, 5) is 26.9. The van der Waals surface area contributed by atoms with Gasteiger partial charge in [0, 0.05) is 24.9 Å². The van der Waals surface area contributed by atoms with Crippen molar-refractivity contribution >= 4 is 17.5 Å². The Kier molecular flexibility index (Phi) is 7.00. The minimum Gasteiger partial charge on any atom is -0.494 e. The summed E-state index contributed by atoms with van der Waals surface area (Å²) < 4.78 is 51.1. The fraction of sp³-hybridized carbons (Fsp3) is 0.440. The van der Waals surface area contributed by atoms with Crippen LogP contribution in [0.25, 0.3) is 0 Å². The van der Waals surface area contributed by atoms with Crippen LogP contribution in [0.5, 0.6) is 17.2 Å². The van der Waals surface area contributed by atoms with Crippen molar-refractivity contribution in [2.24, 2.45) is 11.8 Å². The van der Waals surface area contributed by atoms with Crippen LogP contribution in [0.4, 0.5) is 18.9 Å². The highest BCUT2D eigenvalue weighted by atomic mass is 19.4. The number of ether oxygens (including phenoxy) is 2. The van der Waals surface area contributed by atoms with E-state index in [-0.39, 0.29) is 29.2 Å². The molecule has 1 N–H and O–H groups in total. The fourth-order valence-electron chi connectivity index (χ4n) is 3.98. The van der Waals surface area contributed by atoms with E-state index in [2.05, 4.69) is 5.32 Å². The molecule has 34 heavy (non-hydrogen) atoms. The first-order valence-corrected chi connectivity index (χ1v) is 11.5. The van der Waals surface area contributed by atoms with Gasteiger partial charge in [0.05, 0.1) is 17.9 Å². The van der Waals surface area contributed by atoms with E-state index in [1.54, 1.807) is 29.2 Å². The summed E-state index contributed by atoms with van der Waals surface area (Å²) in [7, 11) is 0. The summed E-state index contributed by atoms with van der Waals surface area (Å²) in [6.07, 6.45) is -1.78. The quantitative estimate of drug-likeness (QED) is 0.574. The van der Waals surface area contributed by atoms with Crippen molar-refractivity contribution in [3.8, 4) is 17.2 Å². The molecular formula is C25H27F3N2O4. The van der Waals surface area contributed by atoms with Gasteiger partial charge in [0.2, 0.25) is 11.8 Å². The minimum atomic E-state index is -4.56. The Morgan fingerprint density at radius 3 is 2.21 bits per heavy atom. The van der Waals surface area contributed by atoms with E-state index >= 15 is 0 Å². The van der Waals surface area contributed by atoms with Crippen molar-refractivity contribution in [2.45, 2.75) is 38.8 Å². The summed E-state index contributed by atoms with van der Waals surface area (Å²) in [5, 5.41) is 2.63. The minimum absolute atomic E-state index is 0.0507. The van der Waals surface area contributed by atoms with Gasteiger partial charge in [-0.05, 0) is 75.1 Å². The number of hydrogen-bond acceptors (Lipinski definition) is 4. The first-order chi connectivity index (χ1) is 16.2. The number of benzene rings is 2. The first-order valence-electron chi connectivity index (χ1n) is 11.5. The topological polar surface area (TPSA) is 67.9 Å². The Hall–Kier alpha value is -3.23. The average molecular weight is 476 g/mol. The van der Waals surface area contributed by atoms with E-state index in [4.69, 9.17) is 9.47 Å². The third-order valence-corrected chi connectivity index (χ3v) is 6.03. The van der Waals surface area contributed by atoms with Gasteiger partial charge in [0.1, 0.15) is 11.5 Å². The predicted octanol–water partition coefficient (Wildman–Crippen LogP) is 5.48. The maximum atomic E-state index is 13.3. The number of likely N-dealkylation sites (tertiary alicyclic amines) is 1. The van der Waals surface area contributed by atoms with Gasteiger partial charge in [-0.25, -0.2) is 0 Å². The maximum Gasteiger partial charge on any atom is 0.416 e. The van der Waals surface area contributed by atoms with E-state index in [0.29, 0.717) is 44.0 Å². The Balaban J connectivity index is 1.47. The lowest BCUT2D eigenvalue weighted by Crippen LogP contribution is -2.42. The number of carbonyl (C=O) groups is 2. The molecule has 2 aromatic carbocycles. The Bertz CT molecular complexity index is 1030. The lowest BCUT2D eigenvalue weighted by Gasteiger charge is -2.31. The number of anilines is 1. The Morgan fingerprint density at radius 1 is 0.971 bits per heavy atom. The largest absolute Gasteiger partial charge is 0.494 e. The van der Waals surface area contributed by atoms with Crippen LogP contribution in [-0.4, -0.2) is 36.4 Å². The highest BCUT2D eigenvalue weighted by molar-refractivity contribution is 5.94. The normalized spacial score (nSPS) is 16.8. The van der Waals surface area contributed by atoms with Crippen LogP contribution in [0.3, 0.4) is 0 Å². The molecule has 4 rings (SSSR count). The van der Waals surface area contributed by atoms with Crippen molar-refractivity contribution in [3.05, 3.63) is 48.0 Å². The zero-order valence-electron chi connectivity index (χ0n) is 18.9. The number of rotatable bonds is 7. The van der Waals surface area contributed by atoms with Gasteiger partial charge >= 0.3 is 6.18 Å². The van der Waals surface area contributed by atoms with E-state index < -0.39 is 17.7 Å². The number of nitrogens with one attached hydrogen (secondary N) is 1. The summed E-state index contributed by atoms with van der Waals surface area (Å²) in [6, 6.07) is 9.67. The molecule has 1 heterocycles. The van der Waals surface area contributed by atoms with Crippen molar-refractivity contribution in [1.82, 2.24) is 4.90 Å². The molecule has 1 saturated carbocycles. The van der Waals surface area contributed by atoms with Gasteiger partial charge in [-0.1, -0.05) is 0 Å². The molecular weight excluding hydrogens is 449 g/mol. The number of carbonyl (C=O) groups excluding carboxylic acids is 2. The summed E-state index contributed by atoms with van der Waals surface area (Å²) >= 11 is 0. The number of alkyl halides is 3. The highest BCUT2D eigenvalue weighted by Crippen LogP contribution is 2.38. The molecule has 2 amide bonds. The van der Waals surface area contributed by atoms with E-state index in [1.807, 2.05) is 6.92 Å². The molecule has 0 bridgehead atoms. The van der Waals surface area contributed by atoms with Gasteiger partial charge in [0.15, 0.2) is 5.75 Å². The van der Waals surface area contributed by atoms with E-state index in [9.17, 15) is 22.8 Å². The zero-order valence-corrected chi connectivity index (χ0v) is 18.9.